The molecule has 1 N–H and O–H groups in total. The van der Waals surface area contributed by atoms with Gasteiger partial charge in [0, 0.05) is 17.8 Å². The number of nitrogens with zero attached hydrogens (tertiary/aromatic N) is 1. The summed E-state index contributed by atoms with van der Waals surface area (Å²) in [6.07, 6.45) is 3.39. The predicted molar refractivity (Wildman–Crippen MR) is 79.9 cm³/mol. The minimum absolute atomic E-state index is 0.188. The van der Waals surface area contributed by atoms with Crippen molar-refractivity contribution in [3.63, 3.8) is 0 Å². The van der Waals surface area contributed by atoms with Gasteiger partial charge in [-0.15, -0.1) is 0 Å². The van der Waals surface area contributed by atoms with Crippen LogP contribution in [0.1, 0.15) is 5.56 Å². The second kappa shape index (κ2) is 5.86. The van der Waals surface area contributed by atoms with E-state index in [1.165, 1.54) is 12.1 Å². The molecule has 0 amide bonds. The molecule has 2 aromatic heterocycles. The number of ether oxygens (including phenoxy) is 1. The molecule has 0 spiro atoms. The Kier molecular flexibility index (Phi) is 3.76. The Morgan fingerprint density at radius 1 is 1.24 bits per heavy atom. The van der Waals surface area contributed by atoms with E-state index in [4.69, 9.17) is 16.3 Å². The third kappa shape index (κ3) is 2.99. The number of halogens is 2. The fraction of sp³-hybridized carbons (Fsp3) is 0.0625. The number of aromatic amines is 1. The van der Waals surface area contributed by atoms with E-state index in [9.17, 15) is 4.39 Å². The Morgan fingerprint density at radius 2 is 2.05 bits per heavy atom. The zero-order valence-electron chi connectivity index (χ0n) is 10.9. The van der Waals surface area contributed by atoms with Crippen LogP contribution in [0.5, 0.6) is 5.75 Å². The quantitative estimate of drug-likeness (QED) is 0.731. The van der Waals surface area contributed by atoms with Gasteiger partial charge in [-0.3, -0.25) is 0 Å². The van der Waals surface area contributed by atoms with E-state index in [0.29, 0.717) is 16.3 Å². The number of aromatic nitrogens is 2. The minimum atomic E-state index is -0.300. The number of hydrogen-bond donors (Lipinski definition) is 1. The summed E-state index contributed by atoms with van der Waals surface area (Å²) in [6.45, 7) is 0.188. The number of pyridine rings is 1. The van der Waals surface area contributed by atoms with Gasteiger partial charge in [-0.05, 0) is 30.3 Å². The van der Waals surface area contributed by atoms with Crippen LogP contribution in [0.25, 0.3) is 11.0 Å². The molecule has 0 aliphatic rings. The maximum atomic E-state index is 12.7. The summed E-state index contributed by atoms with van der Waals surface area (Å²) in [6, 6.07) is 7.63. The second-order valence-electron chi connectivity index (χ2n) is 4.27. The number of nitrogens with one attached hydrogen (secondary N) is 1. The zero-order chi connectivity index (χ0) is 14.7. The van der Waals surface area contributed by atoms with Crippen LogP contribution in [0.15, 0.2) is 42.7 Å². The van der Waals surface area contributed by atoms with Crippen molar-refractivity contribution in [2.75, 3.05) is 6.61 Å². The number of rotatable bonds is 2. The molecule has 0 aliphatic carbocycles. The van der Waals surface area contributed by atoms with Gasteiger partial charge in [0.1, 0.15) is 23.8 Å². The minimum Gasteiger partial charge on any atom is -0.481 e. The SMILES string of the molecule is Fc1ccc(OCC#Cc2cnc3[nH]ccc3c2Cl)cc1. The third-order valence-corrected chi connectivity index (χ3v) is 3.28. The van der Waals surface area contributed by atoms with E-state index in [2.05, 4.69) is 21.8 Å². The first-order chi connectivity index (χ1) is 10.2. The monoisotopic (exact) mass is 300 g/mol. The average Bonchev–Trinajstić information content (AvgIpc) is 2.97. The molecular formula is C16H10ClFN2O. The molecule has 0 fully saturated rings. The van der Waals surface area contributed by atoms with Gasteiger partial charge in [0.25, 0.3) is 0 Å². The van der Waals surface area contributed by atoms with Crippen molar-refractivity contribution < 1.29 is 9.13 Å². The predicted octanol–water partition coefficient (Wildman–Crippen LogP) is 3.79. The number of H-pyrrole nitrogens is 1. The molecule has 3 nitrogen and oxygen atoms in total. The Bertz CT molecular complexity index is 831. The maximum absolute atomic E-state index is 12.7. The van der Waals surface area contributed by atoms with Crippen LogP contribution in [0.2, 0.25) is 5.02 Å². The van der Waals surface area contributed by atoms with E-state index in [0.717, 1.165) is 11.0 Å². The normalized spacial score (nSPS) is 10.2. The van der Waals surface area contributed by atoms with Gasteiger partial charge < -0.3 is 9.72 Å². The summed E-state index contributed by atoms with van der Waals surface area (Å²) < 4.78 is 18.1. The first-order valence-corrected chi connectivity index (χ1v) is 6.60. The summed E-state index contributed by atoms with van der Waals surface area (Å²) in [4.78, 5) is 7.21. The Labute approximate surface area is 125 Å². The summed E-state index contributed by atoms with van der Waals surface area (Å²) >= 11 is 6.25. The first-order valence-electron chi connectivity index (χ1n) is 6.23. The highest BCUT2D eigenvalue weighted by Crippen LogP contribution is 2.24. The first kappa shape index (κ1) is 13.5. The van der Waals surface area contributed by atoms with Gasteiger partial charge in [0.15, 0.2) is 0 Å². The number of fused-ring (bicyclic) bond motifs is 1. The molecule has 21 heavy (non-hydrogen) atoms. The Hall–Kier alpha value is -2.51. The van der Waals surface area contributed by atoms with Crippen LogP contribution >= 0.6 is 11.6 Å². The van der Waals surface area contributed by atoms with Crippen molar-refractivity contribution in [2.45, 2.75) is 0 Å². The van der Waals surface area contributed by atoms with Crippen LogP contribution in [0, 0.1) is 17.7 Å². The van der Waals surface area contributed by atoms with Crippen LogP contribution < -0.4 is 4.74 Å². The molecule has 0 atom stereocenters. The van der Waals surface area contributed by atoms with Crippen LogP contribution in [-0.2, 0) is 0 Å². The number of hydrogen-bond acceptors (Lipinski definition) is 2. The largest absolute Gasteiger partial charge is 0.481 e. The molecule has 0 saturated carbocycles. The smallest absolute Gasteiger partial charge is 0.149 e. The lowest BCUT2D eigenvalue weighted by Gasteiger charge is -2.00. The molecule has 0 aliphatic heterocycles. The molecule has 3 rings (SSSR count). The molecule has 0 bridgehead atoms. The second-order valence-corrected chi connectivity index (χ2v) is 4.65. The summed E-state index contributed by atoms with van der Waals surface area (Å²) in [5, 5.41) is 1.40. The van der Waals surface area contributed by atoms with E-state index < -0.39 is 0 Å². The van der Waals surface area contributed by atoms with Crippen LogP contribution in [0.4, 0.5) is 4.39 Å². The zero-order valence-corrected chi connectivity index (χ0v) is 11.6. The van der Waals surface area contributed by atoms with Gasteiger partial charge in [-0.2, -0.15) is 0 Å². The highest BCUT2D eigenvalue weighted by Gasteiger charge is 2.05. The third-order valence-electron chi connectivity index (χ3n) is 2.87. The van der Waals surface area contributed by atoms with Crippen LogP contribution in [0.3, 0.4) is 0 Å². The fourth-order valence-corrected chi connectivity index (χ4v) is 2.09. The fourth-order valence-electron chi connectivity index (χ4n) is 1.84. The molecule has 0 unspecified atom stereocenters. The van der Waals surface area contributed by atoms with Crippen molar-refractivity contribution >= 4 is 22.6 Å². The molecule has 0 radical (unpaired) electrons. The van der Waals surface area contributed by atoms with Crippen molar-refractivity contribution in [2.24, 2.45) is 0 Å². The standard InChI is InChI=1S/C16H10ClFN2O/c17-15-11(10-20-16-14(15)7-8-19-16)2-1-9-21-13-5-3-12(18)4-6-13/h3-8,10H,9H2,(H,19,20). The van der Waals surface area contributed by atoms with E-state index in [1.807, 2.05) is 6.07 Å². The summed E-state index contributed by atoms with van der Waals surface area (Å²) in [7, 11) is 0. The Morgan fingerprint density at radius 3 is 2.86 bits per heavy atom. The van der Waals surface area contributed by atoms with Gasteiger partial charge in [0.2, 0.25) is 0 Å². The Balaban J connectivity index is 1.71. The molecule has 3 aromatic rings. The van der Waals surface area contributed by atoms with Crippen molar-refractivity contribution in [1.29, 1.82) is 0 Å². The molecule has 0 saturated heterocycles. The summed E-state index contributed by atoms with van der Waals surface area (Å²) in [5.41, 5.74) is 1.37. The lowest BCUT2D eigenvalue weighted by atomic mass is 10.2. The van der Waals surface area contributed by atoms with Gasteiger partial charge >= 0.3 is 0 Å². The van der Waals surface area contributed by atoms with Crippen molar-refractivity contribution in [3.8, 4) is 17.6 Å². The maximum Gasteiger partial charge on any atom is 0.149 e. The lowest BCUT2D eigenvalue weighted by molar-refractivity contribution is 0.369. The van der Waals surface area contributed by atoms with E-state index in [1.54, 1.807) is 24.5 Å². The molecule has 1 aromatic carbocycles. The summed E-state index contributed by atoms with van der Waals surface area (Å²) in [5.74, 6) is 6.05. The lowest BCUT2D eigenvalue weighted by Crippen LogP contribution is -1.94. The molecule has 104 valence electrons. The topological polar surface area (TPSA) is 37.9 Å². The molecule has 5 heteroatoms. The van der Waals surface area contributed by atoms with Gasteiger partial charge in [-0.1, -0.05) is 23.4 Å². The van der Waals surface area contributed by atoms with Gasteiger partial charge in [-0.25, -0.2) is 9.37 Å². The average molecular weight is 301 g/mol. The van der Waals surface area contributed by atoms with Crippen molar-refractivity contribution in [1.82, 2.24) is 9.97 Å². The molecular weight excluding hydrogens is 291 g/mol. The highest BCUT2D eigenvalue weighted by molar-refractivity contribution is 6.36. The molecule has 2 heterocycles. The van der Waals surface area contributed by atoms with Gasteiger partial charge in [0.05, 0.1) is 10.6 Å². The van der Waals surface area contributed by atoms with E-state index in [-0.39, 0.29) is 12.4 Å². The van der Waals surface area contributed by atoms with Crippen molar-refractivity contribution in [3.05, 3.63) is 59.1 Å². The number of benzene rings is 1. The van der Waals surface area contributed by atoms with E-state index >= 15 is 0 Å². The highest BCUT2D eigenvalue weighted by atomic mass is 35.5. The van der Waals surface area contributed by atoms with Crippen LogP contribution in [-0.4, -0.2) is 16.6 Å².